The van der Waals surface area contributed by atoms with E-state index in [0.29, 0.717) is 12.5 Å². The first kappa shape index (κ1) is 14.1. The molecule has 3 fully saturated rings. The molecule has 1 saturated carbocycles. The van der Waals surface area contributed by atoms with Crippen LogP contribution in [0.3, 0.4) is 0 Å². The number of carbonyl (C=O) groups is 1. The van der Waals surface area contributed by atoms with Gasteiger partial charge in [0.1, 0.15) is 6.04 Å². The molecule has 4 atom stereocenters. The maximum atomic E-state index is 12.7. The van der Waals surface area contributed by atoms with Crippen LogP contribution in [0, 0.1) is 11.8 Å². The summed E-state index contributed by atoms with van der Waals surface area (Å²) in [5, 5.41) is 0. The van der Waals surface area contributed by atoms with E-state index in [9.17, 15) is 4.79 Å². The Morgan fingerprint density at radius 2 is 2.14 bits per heavy atom. The summed E-state index contributed by atoms with van der Waals surface area (Å²) < 4.78 is 0. The van der Waals surface area contributed by atoms with Crippen LogP contribution in [0.5, 0.6) is 0 Å². The lowest BCUT2D eigenvalue weighted by molar-refractivity contribution is -0.132. The molecular weight excluding hydrogens is 278 g/mol. The smallest absolute Gasteiger partial charge is 0.241 e. The van der Waals surface area contributed by atoms with Crippen molar-refractivity contribution in [2.24, 2.45) is 17.6 Å². The number of hydrazine groups is 1. The van der Waals surface area contributed by atoms with Crippen LogP contribution in [0.15, 0.2) is 24.4 Å². The van der Waals surface area contributed by atoms with Gasteiger partial charge in [-0.2, -0.15) is 0 Å². The molecule has 6 nitrogen and oxygen atoms in total. The maximum Gasteiger partial charge on any atom is 0.241 e. The van der Waals surface area contributed by atoms with Gasteiger partial charge in [-0.05, 0) is 43.2 Å². The Morgan fingerprint density at radius 3 is 2.86 bits per heavy atom. The third-order valence-corrected chi connectivity index (χ3v) is 5.20. The SMILES string of the molecule is N[C@@H]1CN(C(=O)C2CC(c3ccccn3)NN2)C[C@H]1C1CC1. The van der Waals surface area contributed by atoms with E-state index < -0.39 is 0 Å². The van der Waals surface area contributed by atoms with E-state index in [2.05, 4.69) is 15.8 Å². The molecule has 3 aliphatic rings. The van der Waals surface area contributed by atoms with Crippen LogP contribution in [0.1, 0.15) is 31.0 Å². The van der Waals surface area contributed by atoms with Crippen LogP contribution in [-0.4, -0.2) is 41.0 Å². The third kappa shape index (κ3) is 2.62. The lowest BCUT2D eigenvalue weighted by Gasteiger charge is -2.20. The maximum absolute atomic E-state index is 12.7. The van der Waals surface area contributed by atoms with Gasteiger partial charge in [0.25, 0.3) is 0 Å². The van der Waals surface area contributed by atoms with Gasteiger partial charge in [0.15, 0.2) is 0 Å². The number of nitrogens with one attached hydrogen (secondary N) is 2. The molecule has 1 aliphatic carbocycles. The van der Waals surface area contributed by atoms with E-state index in [1.807, 2.05) is 23.1 Å². The number of amides is 1. The topological polar surface area (TPSA) is 83.3 Å². The van der Waals surface area contributed by atoms with E-state index in [1.165, 1.54) is 12.8 Å². The fourth-order valence-electron chi connectivity index (χ4n) is 3.77. The Kier molecular flexibility index (Phi) is 3.60. The fraction of sp³-hybridized carbons (Fsp3) is 0.625. The number of carbonyl (C=O) groups excluding carboxylic acids is 1. The zero-order valence-corrected chi connectivity index (χ0v) is 12.6. The summed E-state index contributed by atoms with van der Waals surface area (Å²) in [5.74, 6) is 1.43. The molecule has 0 aromatic carbocycles. The number of pyridine rings is 1. The highest BCUT2D eigenvalue weighted by Crippen LogP contribution is 2.41. The molecular formula is C16H23N5O. The van der Waals surface area contributed by atoms with Crippen molar-refractivity contribution in [3.8, 4) is 0 Å². The lowest BCUT2D eigenvalue weighted by atomic mass is 9.99. The van der Waals surface area contributed by atoms with Crippen LogP contribution in [0.2, 0.25) is 0 Å². The number of hydrogen-bond acceptors (Lipinski definition) is 5. The highest BCUT2D eigenvalue weighted by molar-refractivity contribution is 5.82. The van der Waals surface area contributed by atoms with E-state index in [-0.39, 0.29) is 24.0 Å². The van der Waals surface area contributed by atoms with Crippen molar-refractivity contribution in [2.75, 3.05) is 13.1 Å². The predicted octanol–water partition coefficient (Wildman–Crippen LogP) is 0.185. The quantitative estimate of drug-likeness (QED) is 0.742. The fourth-order valence-corrected chi connectivity index (χ4v) is 3.77. The molecule has 4 N–H and O–H groups in total. The first-order chi connectivity index (χ1) is 10.7. The van der Waals surface area contributed by atoms with Crippen molar-refractivity contribution in [3.63, 3.8) is 0 Å². The summed E-state index contributed by atoms with van der Waals surface area (Å²) in [4.78, 5) is 19.0. The normalized spacial score (nSPS) is 35.0. The molecule has 2 unspecified atom stereocenters. The minimum Gasteiger partial charge on any atom is -0.339 e. The summed E-state index contributed by atoms with van der Waals surface area (Å²) in [5.41, 5.74) is 13.5. The Balaban J connectivity index is 1.38. The molecule has 3 heterocycles. The van der Waals surface area contributed by atoms with Crippen molar-refractivity contribution in [3.05, 3.63) is 30.1 Å². The molecule has 22 heavy (non-hydrogen) atoms. The number of nitrogens with two attached hydrogens (primary N) is 1. The van der Waals surface area contributed by atoms with E-state index in [0.717, 1.165) is 24.6 Å². The summed E-state index contributed by atoms with van der Waals surface area (Å²) in [7, 11) is 0. The van der Waals surface area contributed by atoms with Crippen molar-refractivity contribution >= 4 is 5.91 Å². The van der Waals surface area contributed by atoms with Crippen LogP contribution in [-0.2, 0) is 4.79 Å². The monoisotopic (exact) mass is 301 g/mol. The minimum absolute atomic E-state index is 0.0886. The molecule has 2 aliphatic heterocycles. The van der Waals surface area contributed by atoms with Crippen molar-refractivity contribution in [1.82, 2.24) is 20.7 Å². The Morgan fingerprint density at radius 1 is 1.27 bits per heavy atom. The molecule has 0 bridgehead atoms. The van der Waals surface area contributed by atoms with Gasteiger partial charge in [-0.1, -0.05) is 6.07 Å². The molecule has 2 saturated heterocycles. The van der Waals surface area contributed by atoms with E-state index >= 15 is 0 Å². The van der Waals surface area contributed by atoms with Crippen LogP contribution in [0.25, 0.3) is 0 Å². The molecule has 1 aromatic heterocycles. The highest BCUT2D eigenvalue weighted by Gasteiger charge is 2.44. The zero-order chi connectivity index (χ0) is 15.1. The number of rotatable bonds is 3. The number of likely N-dealkylation sites (tertiary alicyclic amines) is 1. The Bertz CT molecular complexity index is 547. The third-order valence-electron chi connectivity index (χ3n) is 5.20. The first-order valence-electron chi connectivity index (χ1n) is 8.18. The van der Waals surface area contributed by atoms with Gasteiger partial charge in [-0.3, -0.25) is 9.78 Å². The number of hydrogen-bond donors (Lipinski definition) is 3. The van der Waals surface area contributed by atoms with Gasteiger partial charge in [0.2, 0.25) is 5.91 Å². The van der Waals surface area contributed by atoms with Crippen LogP contribution in [0.4, 0.5) is 0 Å². The summed E-state index contributed by atoms with van der Waals surface area (Å²) in [6.07, 6.45) is 5.08. The predicted molar refractivity (Wildman–Crippen MR) is 82.4 cm³/mol. The van der Waals surface area contributed by atoms with Crippen LogP contribution < -0.4 is 16.6 Å². The van der Waals surface area contributed by atoms with E-state index in [1.54, 1.807) is 6.20 Å². The molecule has 4 rings (SSSR count). The summed E-state index contributed by atoms with van der Waals surface area (Å²) >= 11 is 0. The first-order valence-corrected chi connectivity index (χ1v) is 8.18. The number of nitrogens with zero attached hydrogens (tertiary/aromatic N) is 2. The molecule has 6 heteroatoms. The molecule has 1 aromatic rings. The largest absolute Gasteiger partial charge is 0.339 e. The second-order valence-corrected chi connectivity index (χ2v) is 6.79. The summed E-state index contributed by atoms with van der Waals surface area (Å²) in [6, 6.07) is 5.92. The number of aromatic nitrogens is 1. The van der Waals surface area contributed by atoms with Crippen molar-refractivity contribution < 1.29 is 4.79 Å². The summed E-state index contributed by atoms with van der Waals surface area (Å²) in [6.45, 7) is 1.53. The van der Waals surface area contributed by atoms with E-state index in [4.69, 9.17) is 5.73 Å². The van der Waals surface area contributed by atoms with Gasteiger partial charge in [-0.25, -0.2) is 10.9 Å². The zero-order valence-electron chi connectivity index (χ0n) is 12.6. The molecule has 0 radical (unpaired) electrons. The van der Waals surface area contributed by atoms with Gasteiger partial charge in [0, 0.05) is 25.3 Å². The highest BCUT2D eigenvalue weighted by atomic mass is 16.2. The second-order valence-electron chi connectivity index (χ2n) is 6.79. The lowest BCUT2D eigenvalue weighted by Crippen LogP contribution is -2.45. The second kappa shape index (κ2) is 5.61. The van der Waals surface area contributed by atoms with Gasteiger partial charge >= 0.3 is 0 Å². The standard InChI is InChI=1S/C16H23N5O/c17-12-9-21(8-11(12)10-4-5-10)16(22)15-7-14(19-20-15)13-3-1-2-6-18-13/h1-3,6,10-12,14-15,19-20H,4-5,7-9,17H2/t11-,12+,14?,15?/m0/s1. The van der Waals surface area contributed by atoms with Gasteiger partial charge in [0.05, 0.1) is 11.7 Å². The molecule has 0 spiro atoms. The van der Waals surface area contributed by atoms with Gasteiger partial charge in [-0.15, -0.1) is 0 Å². The molecule has 118 valence electrons. The van der Waals surface area contributed by atoms with Crippen molar-refractivity contribution in [2.45, 2.75) is 37.4 Å². The van der Waals surface area contributed by atoms with Crippen LogP contribution >= 0.6 is 0 Å². The van der Waals surface area contributed by atoms with Crippen molar-refractivity contribution in [1.29, 1.82) is 0 Å². The Labute approximate surface area is 130 Å². The average molecular weight is 301 g/mol. The average Bonchev–Trinajstić information content (AvgIpc) is 3.13. The minimum atomic E-state index is -0.183. The Hall–Kier alpha value is -1.50. The molecule has 1 amide bonds. The van der Waals surface area contributed by atoms with Gasteiger partial charge < -0.3 is 10.6 Å².